The van der Waals surface area contributed by atoms with Crippen molar-refractivity contribution in [2.45, 2.75) is 13.0 Å². The summed E-state index contributed by atoms with van der Waals surface area (Å²) in [5.41, 5.74) is 1.85. The molecule has 0 saturated carbocycles. The number of nitrogens with zero attached hydrogens (tertiary/aromatic N) is 1. The number of ether oxygens (including phenoxy) is 1. The summed E-state index contributed by atoms with van der Waals surface area (Å²) in [6.45, 7) is 5.50. The quantitative estimate of drug-likeness (QED) is 0.885. The van der Waals surface area contributed by atoms with Crippen LogP contribution in [0.5, 0.6) is 0 Å². The lowest BCUT2D eigenvalue weighted by Gasteiger charge is -2.33. The molecule has 1 aliphatic rings. The Hall–Kier alpha value is -2.31. The zero-order chi connectivity index (χ0) is 16.8. The topological polar surface area (TPSA) is 66.7 Å². The lowest BCUT2D eigenvalue weighted by molar-refractivity contribution is 0.0124. The van der Waals surface area contributed by atoms with E-state index in [1.165, 1.54) is 0 Å². The van der Waals surface area contributed by atoms with Gasteiger partial charge < -0.3 is 19.8 Å². The molecule has 0 aliphatic carbocycles. The number of amides is 2. The maximum absolute atomic E-state index is 12.2. The standard InChI is InChI=1S/C18H23N3O3/c1-14-5-2-3-6-15(14)20-18(22)19-13-16(17-7-4-10-24-17)21-8-11-23-12-9-21/h2-7,10,16H,8-9,11-13H2,1H3,(H2,19,20,22). The molecule has 128 valence electrons. The third-order valence-corrected chi connectivity index (χ3v) is 4.21. The second-order valence-corrected chi connectivity index (χ2v) is 5.83. The van der Waals surface area contributed by atoms with Crippen molar-refractivity contribution in [1.82, 2.24) is 10.2 Å². The number of hydrogen-bond donors (Lipinski definition) is 2. The third-order valence-electron chi connectivity index (χ3n) is 4.21. The first kappa shape index (κ1) is 16.5. The zero-order valence-corrected chi connectivity index (χ0v) is 13.8. The fraction of sp³-hybridized carbons (Fsp3) is 0.389. The van der Waals surface area contributed by atoms with E-state index < -0.39 is 0 Å². The molecule has 0 spiro atoms. The molecule has 2 heterocycles. The Kier molecular flexibility index (Phi) is 5.51. The van der Waals surface area contributed by atoms with Crippen molar-refractivity contribution in [3.63, 3.8) is 0 Å². The number of carbonyl (C=O) groups is 1. The van der Waals surface area contributed by atoms with Gasteiger partial charge in [0, 0.05) is 25.3 Å². The zero-order valence-electron chi connectivity index (χ0n) is 13.8. The van der Waals surface area contributed by atoms with E-state index in [2.05, 4.69) is 15.5 Å². The number of furan rings is 1. The van der Waals surface area contributed by atoms with Gasteiger partial charge in [-0.1, -0.05) is 18.2 Å². The summed E-state index contributed by atoms with van der Waals surface area (Å²) in [7, 11) is 0. The summed E-state index contributed by atoms with van der Waals surface area (Å²) < 4.78 is 11.0. The van der Waals surface area contributed by atoms with Gasteiger partial charge in [0.15, 0.2) is 0 Å². The molecular formula is C18H23N3O3. The summed E-state index contributed by atoms with van der Waals surface area (Å²) in [6.07, 6.45) is 1.66. The molecule has 1 saturated heterocycles. The van der Waals surface area contributed by atoms with Gasteiger partial charge in [0.2, 0.25) is 0 Å². The van der Waals surface area contributed by atoms with Crippen LogP contribution in [0.4, 0.5) is 10.5 Å². The second-order valence-electron chi connectivity index (χ2n) is 5.83. The SMILES string of the molecule is Cc1ccccc1NC(=O)NCC(c1ccco1)N1CCOCC1. The van der Waals surface area contributed by atoms with E-state index >= 15 is 0 Å². The van der Waals surface area contributed by atoms with Crippen molar-refractivity contribution >= 4 is 11.7 Å². The fourth-order valence-electron chi connectivity index (χ4n) is 2.85. The minimum Gasteiger partial charge on any atom is -0.468 e. The molecule has 24 heavy (non-hydrogen) atoms. The van der Waals surface area contributed by atoms with Crippen molar-refractivity contribution in [1.29, 1.82) is 0 Å². The normalized spacial score (nSPS) is 16.5. The lowest BCUT2D eigenvalue weighted by Crippen LogP contribution is -2.44. The first-order valence-electron chi connectivity index (χ1n) is 8.20. The van der Waals surface area contributed by atoms with E-state index in [4.69, 9.17) is 9.15 Å². The number of hydrogen-bond acceptors (Lipinski definition) is 4. The van der Waals surface area contributed by atoms with E-state index in [1.807, 2.05) is 43.3 Å². The number of benzene rings is 1. The first-order valence-corrected chi connectivity index (χ1v) is 8.20. The van der Waals surface area contributed by atoms with Crippen molar-refractivity contribution < 1.29 is 13.9 Å². The molecule has 1 aromatic heterocycles. The van der Waals surface area contributed by atoms with Gasteiger partial charge in [-0.15, -0.1) is 0 Å². The summed E-state index contributed by atoms with van der Waals surface area (Å²) in [4.78, 5) is 14.5. The van der Waals surface area contributed by atoms with E-state index in [1.54, 1.807) is 6.26 Å². The molecule has 2 aromatic rings. The fourth-order valence-corrected chi connectivity index (χ4v) is 2.85. The molecule has 2 N–H and O–H groups in total. The van der Waals surface area contributed by atoms with Gasteiger partial charge in [0.05, 0.1) is 25.5 Å². The predicted molar refractivity (Wildman–Crippen MR) is 92.0 cm³/mol. The summed E-state index contributed by atoms with van der Waals surface area (Å²) >= 11 is 0. The Bertz CT molecular complexity index is 651. The van der Waals surface area contributed by atoms with Crippen LogP contribution in [0.3, 0.4) is 0 Å². The van der Waals surface area contributed by atoms with Gasteiger partial charge in [0.25, 0.3) is 0 Å². The largest absolute Gasteiger partial charge is 0.468 e. The van der Waals surface area contributed by atoms with Crippen molar-refractivity contribution in [3.05, 3.63) is 54.0 Å². The van der Waals surface area contributed by atoms with Crippen LogP contribution in [-0.2, 0) is 4.74 Å². The molecule has 1 aromatic carbocycles. The lowest BCUT2D eigenvalue weighted by atomic mass is 10.1. The van der Waals surface area contributed by atoms with Crippen LogP contribution in [0.2, 0.25) is 0 Å². The molecule has 6 nitrogen and oxygen atoms in total. The summed E-state index contributed by atoms with van der Waals surface area (Å²) in [6, 6.07) is 11.3. The molecule has 6 heteroatoms. The highest BCUT2D eigenvalue weighted by Crippen LogP contribution is 2.21. The van der Waals surface area contributed by atoms with Gasteiger partial charge in [-0.3, -0.25) is 4.90 Å². The van der Waals surface area contributed by atoms with E-state index in [9.17, 15) is 4.79 Å². The number of para-hydroxylation sites is 1. The van der Waals surface area contributed by atoms with E-state index in [-0.39, 0.29) is 12.1 Å². The number of morpholine rings is 1. The summed E-state index contributed by atoms with van der Waals surface area (Å²) in [5, 5.41) is 5.84. The Morgan fingerprint density at radius 2 is 2.00 bits per heavy atom. The van der Waals surface area contributed by atoms with Crippen LogP contribution < -0.4 is 10.6 Å². The van der Waals surface area contributed by atoms with Gasteiger partial charge in [-0.2, -0.15) is 0 Å². The highest BCUT2D eigenvalue weighted by atomic mass is 16.5. The van der Waals surface area contributed by atoms with E-state index in [0.29, 0.717) is 19.8 Å². The number of aryl methyl sites for hydroxylation is 1. The molecule has 2 amide bonds. The van der Waals surface area contributed by atoms with Crippen molar-refractivity contribution in [2.75, 3.05) is 38.2 Å². The highest BCUT2D eigenvalue weighted by molar-refractivity contribution is 5.90. The van der Waals surface area contributed by atoms with Crippen molar-refractivity contribution in [2.24, 2.45) is 0 Å². The number of urea groups is 1. The smallest absolute Gasteiger partial charge is 0.319 e. The third kappa shape index (κ3) is 4.15. The molecule has 1 fully saturated rings. The van der Waals surface area contributed by atoms with Gasteiger partial charge in [-0.25, -0.2) is 4.79 Å². The van der Waals surface area contributed by atoms with Crippen LogP contribution in [-0.4, -0.2) is 43.8 Å². The highest BCUT2D eigenvalue weighted by Gasteiger charge is 2.25. The maximum Gasteiger partial charge on any atom is 0.319 e. The first-order chi connectivity index (χ1) is 11.7. The van der Waals surface area contributed by atoms with Gasteiger partial charge in [0.1, 0.15) is 5.76 Å². The molecular weight excluding hydrogens is 306 g/mol. The monoisotopic (exact) mass is 329 g/mol. The number of anilines is 1. The second kappa shape index (κ2) is 7.99. The van der Waals surface area contributed by atoms with Crippen LogP contribution in [0, 0.1) is 6.92 Å². The number of carbonyl (C=O) groups excluding carboxylic acids is 1. The van der Waals surface area contributed by atoms with E-state index in [0.717, 1.165) is 30.1 Å². The Balaban J connectivity index is 1.61. The van der Waals surface area contributed by atoms with Crippen LogP contribution in [0.1, 0.15) is 17.4 Å². The van der Waals surface area contributed by atoms with Crippen LogP contribution in [0.15, 0.2) is 47.1 Å². The molecule has 1 aliphatic heterocycles. The summed E-state index contributed by atoms with van der Waals surface area (Å²) in [5.74, 6) is 0.855. The molecule has 0 bridgehead atoms. The average molecular weight is 329 g/mol. The Morgan fingerprint density at radius 1 is 1.21 bits per heavy atom. The molecule has 1 atom stereocenters. The number of rotatable bonds is 5. The Morgan fingerprint density at radius 3 is 2.71 bits per heavy atom. The molecule has 3 rings (SSSR count). The predicted octanol–water partition coefficient (Wildman–Crippen LogP) is 2.78. The molecule has 0 radical (unpaired) electrons. The maximum atomic E-state index is 12.2. The van der Waals surface area contributed by atoms with Gasteiger partial charge >= 0.3 is 6.03 Å². The molecule has 1 unspecified atom stereocenters. The minimum absolute atomic E-state index is 0.00604. The van der Waals surface area contributed by atoms with Crippen LogP contribution in [0.25, 0.3) is 0 Å². The van der Waals surface area contributed by atoms with Crippen molar-refractivity contribution in [3.8, 4) is 0 Å². The average Bonchev–Trinajstić information content (AvgIpc) is 3.12. The Labute approximate surface area is 141 Å². The van der Waals surface area contributed by atoms with Crippen LogP contribution >= 0.6 is 0 Å². The van der Waals surface area contributed by atoms with Gasteiger partial charge in [-0.05, 0) is 30.7 Å². The number of nitrogens with one attached hydrogen (secondary N) is 2. The minimum atomic E-state index is -0.214.